The molecule has 0 saturated carbocycles. The number of amides is 1. The van der Waals surface area contributed by atoms with Crippen LogP contribution in [0.5, 0.6) is 6.01 Å². The van der Waals surface area contributed by atoms with Crippen molar-refractivity contribution in [1.29, 1.82) is 5.26 Å². The predicted molar refractivity (Wildman–Crippen MR) is 185 cm³/mol. The van der Waals surface area contributed by atoms with Gasteiger partial charge in [-0.1, -0.05) is 12.6 Å². The van der Waals surface area contributed by atoms with Gasteiger partial charge in [0.05, 0.1) is 22.9 Å². The van der Waals surface area contributed by atoms with Crippen LogP contribution in [-0.2, 0) is 11.0 Å². The lowest BCUT2D eigenvalue weighted by Crippen LogP contribution is -2.27. The molecule has 0 aliphatic carbocycles. The van der Waals surface area contributed by atoms with Crippen LogP contribution < -0.4 is 15.8 Å². The zero-order chi connectivity index (χ0) is 37.9. The maximum Gasteiger partial charge on any atom is 0.417 e. The number of anilines is 2. The molecule has 7 rings (SSSR count). The smallest absolute Gasteiger partial charge is 0.417 e. The Morgan fingerprint density at radius 1 is 1.19 bits per heavy atom. The second-order valence-corrected chi connectivity index (χ2v) is 13.4. The highest BCUT2D eigenvalue weighted by atomic mass is 32.1. The molecule has 5 heterocycles. The normalized spacial score (nSPS) is 18.3. The number of carbonyl (C=O) groups excluding carboxylic acids is 1. The van der Waals surface area contributed by atoms with Crippen LogP contribution in [0.15, 0.2) is 30.6 Å². The molecule has 3 aliphatic heterocycles. The summed E-state index contributed by atoms with van der Waals surface area (Å²) in [6.45, 7) is 8.14. The molecule has 278 valence electrons. The van der Waals surface area contributed by atoms with Crippen LogP contribution in [0.3, 0.4) is 0 Å². The Bertz CT molecular complexity index is 2010. The van der Waals surface area contributed by atoms with E-state index in [1.165, 1.54) is 24.9 Å². The lowest BCUT2D eigenvalue weighted by Gasteiger charge is -2.18. The van der Waals surface area contributed by atoms with Crippen LogP contribution in [0.25, 0.3) is 32.1 Å². The van der Waals surface area contributed by atoms with Crippen molar-refractivity contribution in [1.82, 2.24) is 19.8 Å². The van der Waals surface area contributed by atoms with Crippen molar-refractivity contribution >= 4 is 49.1 Å². The number of nitrogens with one attached hydrogen (secondary N) is 1. The number of benzene rings is 2. The summed E-state index contributed by atoms with van der Waals surface area (Å²) in [4.78, 5) is 22.5. The number of hydrogen-bond donors (Lipinski definition) is 2. The number of fused-ring (bicyclic) bond motifs is 3. The third kappa shape index (κ3) is 7.87. The Morgan fingerprint density at radius 2 is 1.90 bits per heavy atom. The highest BCUT2D eigenvalue weighted by Gasteiger charge is 2.38. The van der Waals surface area contributed by atoms with Crippen molar-refractivity contribution in [3.05, 3.63) is 53.4 Å². The zero-order valence-corrected chi connectivity index (χ0v) is 29.2. The van der Waals surface area contributed by atoms with E-state index in [2.05, 4.69) is 26.8 Å². The second kappa shape index (κ2) is 15.9. The highest BCUT2D eigenvalue weighted by molar-refractivity contribution is 7.23. The third-order valence-corrected chi connectivity index (χ3v) is 10.1. The van der Waals surface area contributed by atoms with Crippen molar-refractivity contribution < 1.29 is 40.3 Å². The molecule has 1 amide bonds. The van der Waals surface area contributed by atoms with Crippen LogP contribution in [-0.4, -0.2) is 77.7 Å². The van der Waals surface area contributed by atoms with E-state index in [9.17, 15) is 36.4 Å². The molecule has 2 aromatic carbocycles. The molecule has 2 unspecified atom stereocenters. The summed E-state index contributed by atoms with van der Waals surface area (Å²) in [6.07, 6.45) is -0.214. The molecule has 4 aromatic rings. The summed E-state index contributed by atoms with van der Waals surface area (Å²) >= 11 is 0.698. The second-order valence-electron chi connectivity index (χ2n) is 12.4. The van der Waals surface area contributed by atoms with E-state index in [1.54, 1.807) is 13.0 Å². The molecule has 3 aliphatic rings. The minimum atomic E-state index is -5.00. The van der Waals surface area contributed by atoms with E-state index in [1.807, 2.05) is 0 Å². The molecule has 0 bridgehead atoms. The summed E-state index contributed by atoms with van der Waals surface area (Å²) in [6, 6.07) is 4.75. The molecule has 2 aromatic heterocycles. The largest absolute Gasteiger partial charge is 0.467 e. The number of nitrogens with zero attached hydrogens (tertiary/aromatic N) is 5. The fourth-order valence-electron chi connectivity index (χ4n) is 6.71. The van der Waals surface area contributed by atoms with Gasteiger partial charge in [0.15, 0.2) is 11.6 Å². The van der Waals surface area contributed by atoms with Crippen molar-refractivity contribution in [2.45, 2.75) is 57.4 Å². The molecule has 9 nitrogen and oxygen atoms in total. The first kappa shape index (κ1) is 38.5. The van der Waals surface area contributed by atoms with Crippen molar-refractivity contribution in [3.8, 4) is 23.2 Å². The van der Waals surface area contributed by atoms with Crippen molar-refractivity contribution in [2.75, 3.05) is 50.9 Å². The molecular formula is C35H36F7N7O2S. The first-order valence-corrected chi connectivity index (χ1v) is 17.3. The number of nitrogens with two attached hydrogens (primary N) is 1. The third-order valence-electron chi connectivity index (χ3n) is 9.03. The molecule has 52 heavy (non-hydrogen) atoms. The topological polar surface area (TPSA) is 120 Å². The van der Waals surface area contributed by atoms with Gasteiger partial charge in [-0.25, -0.2) is 17.6 Å². The number of likely N-dealkylation sites (tertiary alicyclic amines) is 1. The van der Waals surface area contributed by atoms with Gasteiger partial charge < -0.3 is 20.7 Å². The van der Waals surface area contributed by atoms with E-state index < -0.39 is 52.4 Å². The number of rotatable bonds is 5. The Kier molecular flexibility index (Phi) is 11.8. The van der Waals surface area contributed by atoms with Gasteiger partial charge in [0, 0.05) is 48.6 Å². The minimum absolute atomic E-state index is 0.0444. The number of alkyl halides is 4. The zero-order valence-electron chi connectivity index (χ0n) is 28.3. The molecule has 3 fully saturated rings. The number of methoxy groups -OCH3 is 1. The Morgan fingerprint density at radius 3 is 2.50 bits per heavy atom. The van der Waals surface area contributed by atoms with Gasteiger partial charge >= 0.3 is 12.2 Å². The summed E-state index contributed by atoms with van der Waals surface area (Å²) < 4.78 is 102. The van der Waals surface area contributed by atoms with E-state index >= 15 is 4.39 Å². The maximum absolute atomic E-state index is 15.9. The van der Waals surface area contributed by atoms with Gasteiger partial charge in [-0.05, 0) is 63.3 Å². The standard InChI is InChI=1S/C21H14F5N5OS.C7H10FNO.C7H12FN/c1-3-29-19-9-6-11(21(24,25)26)14(15(23)16(9)30-20(31-19)32-2)8-4-5-12(22)17-13(8)10(7-27)18(28)33-17;1-6(8)7(10)9-4-2-3-5-9;8-6-4-7-2-1-3-9(7)5-6/h4-6H,3,28H2,1-2H3,(H,29,30,31);1-5H2;6-7H,1-5H2. The summed E-state index contributed by atoms with van der Waals surface area (Å²) in [5, 5.41) is 11.8. The summed E-state index contributed by atoms with van der Waals surface area (Å²) in [5.74, 6) is -3.54. The maximum atomic E-state index is 15.9. The first-order valence-electron chi connectivity index (χ1n) is 16.5. The molecule has 0 spiro atoms. The van der Waals surface area contributed by atoms with Crippen LogP contribution in [0.1, 0.15) is 50.2 Å². The number of aromatic nitrogens is 2. The summed E-state index contributed by atoms with van der Waals surface area (Å²) in [7, 11) is 1.23. The quantitative estimate of drug-likeness (QED) is 0.156. The molecule has 17 heteroatoms. The number of nitrogen functional groups attached to an aromatic ring is 1. The number of carbonyl (C=O) groups is 1. The molecule has 3 saturated heterocycles. The van der Waals surface area contributed by atoms with E-state index in [-0.39, 0.29) is 50.0 Å². The van der Waals surface area contributed by atoms with Crippen molar-refractivity contribution in [3.63, 3.8) is 0 Å². The lowest BCUT2D eigenvalue weighted by molar-refractivity contribution is -0.137. The molecule has 2 atom stereocenters. The van der Waals surface area contributed by atoms with E-state index in [0.29, 0.717) is 37.0 Å². The number of halogens is 7. The van der Waals surface area contributed by atoms with Crippen molar-refractivity contribution in [2.24, 2.45) is 0 Å². The van der Waals surface area contributed by atoms with Gasteiger partial charge in [0.25, 0.3) is 5.91 Å². The minimum Gasteiger partial charge on any atom is -0.467 e. The number of ether oxygens (including phenoxy) is 1. The number of nitriles is 1. The van der Waals surface area contributed by atoms with Crippen LogP contribution >= 0.6 is 11.3 Å². The van der Waals surface area contributed by atoms with Gasteiger partial charge in [-0.2, -0.15) is 28.4 Å². The van der Waals surface area contributed by atoms with Gasteiger partial charge in [0.1, 0.15) is 34.4 Å². The lowest BCUT2D eigenvalue weighted by atomic mass is 9.92. The molecule has 3 N–H and O–H groups in total. The fraction of sp³-hybridized carbons (Fsp3) is 0.429. The van der Waals surface area contributed by atoms with Crippen LogP contribution in [0.2, 0.25) is 0 Å². The Hall–Kier alpha value is -4.69. The van der Waals surface area contributed by atoms with Gasteiger partial charge in [-0.3, -0.25) is 9.69 Å². The predicted octanol–water partition coefficient (Wildman–Crippen LogP) is 7.99. The summed E-state index contributed by atoms with van der Waals surface area (Å²) in [5.41, 5.74) is 2.59. The van der Waals surface area contributed by atoms with E-state index in [4.69, 9.17) is 10.5 Å². The number of thiophene rings is 1. The monoisotopic (exact) mass is 751 g/mol. The number of hydrogen-bond acceptors (Lipinski definition) is 9. The highest BCUT2D eigenvalue weighted by Crippen LogP contribution is 2.47. The van der Waals surface area contributed by atoms with Gasteiger partial charge in [0.2, 0.25) is 0 Å². The van der Waals surface area contributed by atoms with Gasteiger partial charge in [-0.15, -0.1) is 11.3 Å². The SMILES string of the molecule is C=C(F)C(=O)N1CCCC1.CCNc1nc(OC)nc2c(F)c(-c3ccc(F)c4sc(N)c(C#N)c34)c(C(F)(F)F)cc12.FC1CC2CCCN2C1. The van der Waals surface area contributed by atoms with E-state index in [0.717, 1.165) is 44.0 Å². The van der Waals surface area contributed by atoms with Crippen LogP contribution in [0.4, 0.5) is 41.6 Å². The Balaban J connectivity index is 0.000000221. The average molecular weight is 752 g/mol. The average Bonchev–Trinajstić information content (AvgIpc) is 3.90. The van der Waals surface area contributed by atoms with Crippen LogP contribution in [0, 0.1) is 23.0 Å². The Labute approximate surface area is 298 Å². The molecule has 0 radical (unpaired) electrons. The fourth-order valence-corrected chi connectivity index (χ4v) is 7.66. The molecular weight excluding hydrogens is 715 g/mol. The first-order chi connectivity index (χ1) is 24.7.